The summed E-state index contributed by atoms with van der Waals surface area (Å²) in [7, 11) is 3.99. The van der Waals surface area contributed by atoms with Crippen LogP contribution in [-0.4, -0.2) is 50.8 Å². The third-order valence-electron chi connectivity index (χ3n) is 4.89. The van der Waals surface area contributed by atoms with Crippen LogP contribution in [0.4, 0.5) is 0 Å². The van der Waals surface area contributed by atoms with Crippen LogP contribution in [0, 0.1) is 5.92 Å². The zero-order valence-electron chi connectivity index (χ0n) is 12.2. The van der Waals surface area contributed by atoms with Crippen LogP contribution >= 0.6 is 0 Å². The van der Waals surface area contributed by atoms with Crippen molar-refractivity contribution in [2.75, 3.05) is 33.8 Å². The first kappa shape index (κ1) is 14.3. The van der Waals surface area contributed by atoms with Crippen molar-refractivity contribution in [3.8, 4) is 0 Å². The minimum absolute atomic E-state index is 0.510. The van der Waals surface area contributed by atoms with E-state index in [0.717, 1.165) is 12.0 Å². The number of hydrogen-bond acceptors (Lipinski definition) is 3. The van der Waals surface area contributed by atoms with Crippen molar-refractivity contribution in [1.29, 1.82) is 0 Å². The lowest BCUT2D eigenvalue weighted by molar-refractivity contribution is 0.0342. The highest BCUT2D eigenvalue weighted by atomic mass is 16.5. The largest absolute Gasteiger partial charge is 0.381 e. The highest BCUT2D eigenvalue weighted by Crippen LogP contribution is 2.25. The van der Waals surface area contributed by atoms with Crippen LogP contribution in [0.25, 0.3) is 0 Å². The number of nitrogens with one attached hydrogen (secondary N) is 1. The van der Waals surface area contributed by atoms with Gasteiger partial charge in [0.05, 0.1) is 6.10 Å². The molecule has 2 aliphatic rings. The van der Waals surface area contributed by atoms with E-state index in [1.165, 1.54) is 64.6 Å². The van der Waals surface area contributed by atoms with E-state index >= 15 is 0 Å². The van der Waals surface area contributed by atoms with Crippen molar-refractivity contribution < 1.29 is 4.74 Å². The number of methoxy groups -OCH3 is 1. The molecule has 2 fully saturated rings. The van der Waals surface area contributed by atoms with Gasteiger partial charge in [-0.1, -0.05) is 19.3 Å². The standard InChI is InChI=1S/C15H30N2O/c1-16-15-7-5-3-4-6-13(15)12-17-10-8-14(18-2)9-11-17/h13-16H,3-12H2,1-2H3. The summed E-state index contributed by atoms with van der Waals surface area (Å²) in [4.78, 5) is 2.66. The smallest absolute Gasteiger partial charge is 0.0595 e. The third-order valence-corrected chi connectivity index (χ3v) is 4.89. The molecule has 1 aliphatic carbocycles. The van der Waals surface area contributed by atoms with E-state index in [9.17, 15) is 0 Å². The maximum atomic E-state index is 5.45. The fourth-order valence-corrected chi connectivity index (χ4v) is 3.64. The first-order valence-corrected chi connectivity index (χ1v) is 7.76. The van der Waals surface area contributed by atoms with Gasteiger partial charge in [-0.2, -0.15) is 0 Å². The van der Waals surface area contributed by atoms with E-state index in [-0.39, 0.29) is 0 Å². The Morgan fingerprint density at radius 2 is 1.78 bits per heavy atom. The van der Waals surface area contributed by atoms with E-state index in [1.54, 1.807) is 0 Å². The molecule has 0 aromatic carbocycles. The van der Waals surface area contributed by atoms with Gasteiger partial charge in [0.1, 0.15) is 0 Å². The lowest BCUT2D eigenvalue weighted by Crippen LogP contribution is -2.44. The average Bonchev–Trinajstić information content (AvgIpc) is 2.64. The summed E-state index contributed by atoms with van der Waals surface area (Å²) in [5.41, 5.74) is 0. The summed E-state index contributed by atoms with van der Waals surface area (Å²) in [6, 6.07) is 0.743. The van der Waals surface area contributed by atoms with Crippen LogP contribution in [-0.2, 0) is 4.74 Å². The Morgan fingerprint density at radius 1 is 1.06 bits per heavy atom. The summed E-state index contributed by atoms with van der Waals surface area (Å²) in [5, 5.41) is 3.55. The maximum absolute atomic E-state index is 5.45. The Hall–Kier alpha value is -0.120. The Balaban J connectivity index is 1.80. The normalized spacial score (nSPS) is 32.3. The lowest BCUT2D eigenvalue weighted by Gasteiger charge is -2.35. The molecule has 1 N–H and O–H groups in total. The maximum Gasteiger partial charge on any atom is 0.0595 e. The van der Waals surface area contributed by atoms with Crippen LogP contribution in [0.5, 0.6) is 0 Å². The van der Waals surface area contributed by atoms with Gasteiger partial charge in [-0.25, -0.2) is 0 Å². The molecule has 18 heavy (non-hydrogen) atoms. The summed E-state index contributed by atoms with van der Waals surface area (Å²) < 4.78 is 5.45. The van der Waals surface area contributed by atoms with Gasteiger partial charge in [-0.05, 0) is 38.6 Å². The molecule has 1 aliphatic heterocycles. The van der Waals surface area contributed by atoms with Gasteiger partial charge >= 0.3 is 0 Å². The van der Waals surface area contributed by atoms with Crippen molar-refractivity contribution in [2.24, 2.45) is 5.92 Å². The zero-order valence-corrected chi connectivity index (χ0v) is 12.2. The lowest BCUT2D eigenvalue weighted by atomic mass is 9.93. The van der Waals surface area contributed by atoms with Gasteiger partial charge in [0, 0.05) is 32.8 Å². The van der Waals surface area contributed by atoms with E-state index in [2.05, 4.69) is 17.3 Å². The summed E-state index contributed by atoms with van der Waals surface area (Å²) in [6.07, 6.45) is 9.99. The SMILES string of the molecule is CNC1CCCCCC1CN1CCC(OC)CC1. The van der Waals surface area contributed by atoms with Crippen LogP contribution in [0.1, 0.15) is 44.9 Å². The van der Waals surface area contributed by atoms with Gasteiger partial charge in [0.15, 0.2) is 0 Å². The fraction of sp³-hybridized carbons (Fsp3) is 1.00. The Morgan fingerprint density at radius 3 is 2.44 bits per heavy atom. The molecule has 0 bridgehead atoms. The number of likely N-dealkylation sites (tertiary alicyclic amines) is 1. The molecule has 2 rings (SSSR count). The second-order valence-corrected chi connectivity index (χ2v) is 6.03. The minimum atomic E-state index is 0.510. The van der Waals surface area contributed by atoms with E-state index in [0.29, 0.717) is 6.10 Å². The van der Waals surface area contributed by atoms with Crippen molar-refractivity contribution >= 4 is 0 Å². The highest BCUT2D eigenvalue weighted by molar-refractivity contribution is 4.83. The number of ether oxygens (including phenoxy) is 1. The molecule has 0 radical (unpaired) electrons. The molecule has 0 amide bonds. The molecule has 0 aromatic rings. The summed E-state index contributed by atoms with van der Waals surface area (Å²) in [5.74, 6) is 0.858. The van der Waals surface area contributed by atoms with Gasteiger partial charge in [-0.15, -0.1) is 0 Å². The summed E-state index contributed by atoms with van der Waals surface area (Å²) >= 11 is 0. The Labute approximate surface area is 112 Å². The van der Waals surface area contributed by atoms with E-state index in [1.807, 2.05) is 7.11 Å². The second-order valence-electron chi connectivity index (χ2n) is 6.03. The van der Waals surface area contributed by atoms with Gasteiger partial charge in [0.2, 0.25) is 0 Å². The first-order chi connectivity index (χ1) is 8.83. The van der Waals surface area contributed by atoms with E-state index < -0.39 is 0 Å². The number of piperidine rings is 1. The fourth-order valence-electron chi connectivity index (χ4n) is 3.64. The number of nitrogens with zero attached hydrogens (tertiary/aromatic N) is 1. The van der Waals surface area contributed by atoms with Crippen LogP contribution in [0.2, 0.25) is 0 Å². The average molecular weight is 254 g/mol. The highest BCUT2D eigenvalue weighted by Gasteiger charge is 2.26. The topological polar surface area (TPSA) is 24.5 Å². The van der Waals surface area contributed by atoms with Gasteiger partial charge < -0.3 is 15.0 Å². The predicted octanol–water partition coefficient (Wildman–Crippen LogP) is 2.27. The molecular formula is C15H30N2O. The summed E-state index contributed by atoms with van der Waals surface area (Å²) in [6.45, 7) is 3.75. The zero-order chi connectivity index (χ0) is 12.8. The van der Waals surface area contributed by atoms with Crippen molar-refractivity contribution in [2.45, 2.75) is 57.1 Å². The molecule has 1 saturated carbocycles. The molecule has 106 valence electrons. The molecular weight excluding hydrogens is 224 g/mol. The van der Waals surface area contributed by atoms with Crippen LogP contribution < -0.4 is 5.32 Å². The second kappa shape index (κ2) is 7.46. The van der Waals surface area contributed by atoms with Crippen molar-refractivity contribution in [1.82, 2.24) is 10.2 Å². The minimum Gasteiger partial charge on any atom is -0.381 e. The van der Waals surface area contributed by atoms with Crippen molar-refractivity contribution in [3.63, 3.8) is 0 Å². The Kier molecular flexibility index (Phi) is 5.93. The third kappa shape index (κ3) is 3.94. The number of rotatable bonds is 4. The Bertz CT molecular complexity index is 227. The molecule has 0 spiro atoms. The van der Waals surface area contributed by atoms with Crippen LogP contribution in [0.15, 0.2) is 0 Å². The van der Waals surface area contributed by atoms with Gasteiger partial charge in [-0.3, -0.25) is 0 Å². The molecule has 1 heterocycles. The first-order valence-electron chi connectivity index (χ1n) is 7.76. The monoisotopic (exact) mass is 254 g/mol. The molecule has 3 nitrogen and oxygen atoms in total. The molecule has 2 unspecified atom stereocenters. The number of hydrogen-bond donors (Lipinski definition) is 1. The molecule has 1 saturated heterocycles. The van der Waals surface area contributed by atoms with E-state index in [4.69, 9.17) is 4.74 Å². The molecule has 3 heteroatoms. The predicted molar refractivity (Wildman–Crippen MR) is 75.9 cm³/mol. The van der Waals surface area contributed by atoms with Gasteiger partial charge in [0.25, 0.3) is 0 Å². The van der Waals surface area contributed by atoms with Crippen molar-refractivity contribution in [3.05, 3.63) is 0 Å². The quantitative estimate of drug-likeness (QED) is 0.779. The molecule has 0 aromatic heterocycles. The van der Waals surface area contributed by atoms with Crippen LogP contribution in [0.3, 0.4) is 0 Å². The molecule has 2 atom stereocenters.